The van der Waals surface area contributed by atoms with E-state index in [2.05, 4.69) is 44.8 Å². The molecule has 4 nitrogen and oxygen atoms in total. The average molecular weight is 332 g/mol. The van der Waals surface area contributed by atoms with Crippen LogP contribution in [0.4, 0.5) is 11.4 Å². The van der Waals surface area contributed by atoms with Crippen LogP contribution in [0.15, 0.2) is 18.2 Å². The minimum Gasteiger partial charge on any atom is -0.414 e. The molecule has 1 fully saturated rings. The van der Waals surface area contributed by atoms with E-state index in [1.54, 1.807) is 6.07 Å². The van der Waals surface area contributed by atoms with Crippen LogP contribution in [0.25, 0.3) is 0 Å². The van der Waals surface area contributed by atoms with Gasteiger partial charge in [0.1, 0.15) is 0 Å². The van der Waals surface area contributed by atoms with Gasteiger partial charge in [-0.25, -0.2) is 0 Å². The molecule has 0 aromatic heterocycles. The van der Waals surface area contributed by atoms with E-state index in [4.69, 9.17) is 15.4 Å². The van der Waals surface area contributed by atoms with E-state index in [0.29, 0.717) is 17.4 Å². The number of nitriles is 1. The molecule has 0 atom stereocenters. The van der Waals surface area contributed by atoms with Gasteiger partial charge in [-0.2, -0.15) is 5.26 Å². The summed E-state index contributed by atoms with van der Waals surface area (Å²) in [5, 5.41) is 9.19. The van der Waals surface area contributed by atoms with Crippen molar-refractivity contribution in [2.75, 3.05) is 23.7 Å². The van der Waals surface area contributed by atoms with Crippen LogP contribution in [0.2, 0.25) is 18.1 Å². The second-order valence-corrected chi connectivity index (χ2v) is 12.7. The van der Waals surface area contributed by atoms with E-state index in [-0.39, 0.29) is 5.04 Å². The maximum absolute atomic E-state index is 8.94. The van der Waals surface area contributed by atoms with Gasteiger partial charge < -0.3 is 15.1 Å². The molecule has 1 aromatic rings. The number of piperidine rings is 1. The van der Waals surface area contributed by atoms with Gasteiger partial charge in [0.15, 0.2) is 8.32 Å². The predicted octanol–water partition coefficient (Wildman–Crippen LogP) is 4.13. The molecule has 0 unspecified atom stereocenters. The topological polar surface area (TPSA) is 62.3 Å². The van der Waals surface area contributed by atoms with Gasteiger partial charge in [-0.3, -0.25) is 0 Å². The highest BCUT2D eigenvalue weighted by atomic mass is 28.4. The smallest absolute Gasteiger partial charge is 0.192 e. The maximum Gasteiger partial charge on any atom is 0.192 e. The quantitative estimate of drug-likeness (QED) is 0.668. The highest BCUT2D eigenvalue weighted by Gasteiger charge is 2.39. The lowest BCUT2D eigenvalue weighted by atomic mass is 10.1. The predicted molar refractivity (Wildman–Crippen MR) is 99.1 cm³/mol. The second kappa shape index (κ2) is 6.54. The van der Waals surface area contributed by atoms with Crippen LogP contribution in [0.3, 0.4) is 0 Å². The molecular formula is C18H29N3OSi. The molecule has 1 saturated heterocycles. The highest BCUT2D eigenvalue weighted by Crippen LogP contribution is 2.38. The summed E-state index contributed by atoms with van der Waals surface area (Å²) >= 11 is 0. The van der Waals surface area contributed by atoms with Crippen LogP contribution in [-0.2, 0) is 4.43 Å². The van der Waals surface area contributed by atoms with Gasteiger partial charge in [-0.15, -0.1) is 0 Å². The molecule has 0 bridgehead atoms. The van der Waals surface area contributed by atoms with Crippen molar-refractivity contribution in [2.45, 2.75) is 57.8 Å². The van der Waals surface area contributed by atoms with Crippen LogP contribution < -0.4 is 10.6 Å². The van der Waals surface area contributed by atoms with Gasteiger partial charge in [0.05, 0.1) is 23.0 Å². The van der Waals surface area contributed by atoms with E-state index >= 15 is 0 Å². The largest absolute Gasteiger partial charge is 0.414 e. The minimum absolute atomic E-state index is 0.252. The first kappa shape index (κ1) is 17.8. The van der Waals surface area contributed by atoms with Crippen LogP contribution >= 0.6 is 0 Å². The van der Waals surface area contributed by atoms with Gasteiger partial charge in [0, 0.05) is 19.2 Å². The molecule has 23 heavy (non-hydrogen) atoms. The number of nitrogens with two attached hydrogens (primary N) is 1. The number of rotatable bonds is 3. The van der Waals surface area contributed by atoms with Crippen molar-refractivity contribution in [3.05, 3.63) is 23.8 Å². The molecule has 0 radical (unpaired) electrons. The van der Waals surface area contributed by atoms with Gasteiger partial charge in [0.2, 0.25) is 0 Å². The molecule has 0 saturated carbocycles. The third kappa shape index (κ3) is 4.07. The van der Waals surface area contributed by atoms with Crippen molar-refractivity contribution in [2.24, 2.45) is 0 Å². The van der Waals surface area contributed by atoms with Crippen molar-refractivity contribution in [3.8, 4) is 6.07 Å². The van der Waals surface area contributed by atoms with E-state index < -0.39 is 8.32 Å². The van der Waals surface area contributed by atoms with Gasteiger partial charge in [-0.1, -0.05) is 20.8 Å². The van der Waals surface area contributed by atoms with E-state index in [0.717, 1.165) is 31.6 Å². The number of nitrogens with zero attached hydrogens (tertiary/aromatic N) is 2. The van der Waals surface area contributed by atoms with Crippen molar-refractivity contribution >= 4 is 19.7 Å². The maximum atomic E-state index is 8.94. The lowest BCUT2D eigenvalue weighted by molar-refractivity contribution is 0.152. The summed E-state index contributed by atoms with van der Waals surface area (Å²) in [6.07, 6.45) is 2.42. The molecule has 2 rings (SSSR count). The lowest BCUT2D eigenvalue weighted by Gasteiger charge is -2.42. The molecule has 1 aromatic carbocycles. The number of hydrogen-bond acceptors (Lipinski definition) is 4. The first-order chi connectivity index (χ1) is 10.6. The summed E-state index contributed by atoms with van der Waals surface area (Å²) in [5.41, 5.74) is 8.44. The highest BCUT2D eigenvalue weighted by molar-refractivity contribution is 6.74. The molecule has 0 aliphatic carbocycles. The van der Waals surface area contributed by atoms with Crippen molar-refractivity contribution in [1.82, 2.24) is 0 Å². The Morgan fingerprint density at radius 2 is 1.87 bits per heavy atom. The number of hydrogen-bond donors (Lipinski definition) is 1. The van der Waals surface area contributed by atoms with Crippen molar-refractivity contribution in [3.63, 3.8) is 0 Å². The molecule has 2 N–H and O–H groups in total. The zero-order chi connectivity index (χ0) is 17.3. The molecule has 126 valence electrons. The standard InChI is InChI=1S/C18H29N3OSi/c1-18(2,3)23(4,5)22-15-8-10-21(11-9-15)17-7-6-14(13-19)12-16(17)20/h6-7,12,15H,8-11,20H2,1-5H3. The average Bonchev–Trinajstić information content (AvgIpc) is 2.46. The fourth-order valence-corrected chi connectivity index (χ4v) is 4.14. The SMILES string of the molecule is CC(C)(C)[Si](C)(C)OC1CCN(c2ccc(C#N)cc2N)CC1. The fourth-order valence-electron chi connectivity index (χ4n) is 2.72. The Morgan fingerprint density at radius 1 is 1.26 bits per heavy atom. The van der Waals surface area contributed by atoms with Gasteiger partial charge in [-0.05, 0) is 49.2 Å². The summed E-state index contributed by atoms with van der Waals surface area (Å²) in [4.78, 5) is 2.31. The normalized spacial score (nSPS) is 17.1. The summed E-state index contributed by atoms with van der Waals surface area (Å²) in [6.45, 7) is 13.4. The third-order valence-corrected chi connectivity index (χ3v) is 9.74. The first-order valence-electron chi connectivity index (χ1n) is 8.36. The summed E-state index contributed by atoms with van der Waals surface area (Å²) in [7, 11) is -1.70. The number of anilines is 2. The Morgan fingerprint density at radius 3 is 2.35 bits per heavy atom. The Labute approximate surface area is 141 Å². The van der Waals surface area contributed by atoms with Gasteiger partial charge >= 0.3 is 0 Å². The van der Waals surface area contributed by atoms with Gasteiger partial charge in [0.25, 0.3) is 0 Å². The Hall–Kier alpha value is -1.51. The van der Waals surface area contributed by atoms with Crippen LogP contribution in [0.5, 0.6) is 0 Å². The monoisotopic (exact) mass is 331 g/mol. The Kier molecular flexibility index (Phi) is 5.07. The van der Waals surface area contributed by atoms with Crippen molar-refractivity contribution < 1.29 is 4.43 Å². The summed E-state index contributed by atoms with van der Waals surface area (Å²) in [6, 6.07) is 7.69. The molecule has 1 heterocycles. The van der Waals surface area contributed by atoms with Crippen LogP contribution in [0.1, 0.15) is 39.2 Å². The molecule has 1 aliphatic rings. The number of benzene rings is 1. The van der Waals surface area contributed by atoms with E-state index in [1.165, 1.54) is 0 Å². The summed E-state index contributed by atoms with van der Waals surface area (Å²) in [5.74, 6) is 0. The van der Waals surface area contributed by atoms with Crippen LogP contribution in [-0.4, -0.2) is 27.5 Å². The first-order valence-corrected chi connectivity index (χ1v) is 11.3. The Balaban J connectivity index is 1.98. The minimum atomic E-state index is -1.70. The molecule has 0 amide bonds. The lowest BCUT2D eigenvalue weighted by Crippen LogP contribution is -2.47. The van der Waals surface area contributed by atoms with E-state index in [9.17, 15) is 0 Å². The third-order valence-electron chi connectivity index (χ3n) is 5.21. The Bertz CT molecular complexity index is 593. The molecular weight excluding hydrogens is 302 g/mol. The second-order valence-electron chi connectivity index (χ2n) is 7.95. The number of nitrogen functional groups attached to an aromatic ring is 1. The molecule has 5 heteroatoms. The zero-order valence-corrected chi connectivity index (χ0v) is 16.0. The van der Waals surface area contributed by atoms with E-state index in [1.807, 2.05) is 12.1 Å². The fraction of sp³-hybridized carbons (Fsp3) is 0.611. The summed E-state index contributed by atoms with van der Waals surface area (Å²) < 4.78 is 6.53. The molecule has 0 spiro atoms. The van der Waals surface area contributed by atoms with Crippen LogP contribution in [0, 0.1) is 11.3 Å². The van der Waals surface area contributed by atoms with Crippen molar-refractivity contribution in [1.29, 1.82) is 5.26 Å². The molecule has 1 aliphatic heterocycles. The zero-order valence-electron chi connectivity index (χ0n) is 15.0.